The van der Waals surface area contributed by atoms with Crippen LogP contribution >= 0.6 is 34.8 Å². The third-order valence-corrected chi connectivity index (χ3v) is 2.77. The average molecular weight is 265 g/mol. The first-order chi connectivity index (χ1) is 7.09. The minimum absolute atomic E-state index is 0.624. The summed E-state index contributed by atoms with van der Waals surface area (Å²) in [5, 5.41) is 3.09. The molecule has 80 valence electrons. The fourth-order valence-electron chi connectivity index (χ4n) is 1.61. The van der Waals surface area contributed by atoms with Crippen molar-refractivity contribution in [1.29, 1.82) is 0 Å². The number of para-hydroxylation sites is 1. The molecule has 0 saturated heterocycles. The molecule has 0 atom stereocenters. The Morgan fingerprint density at radius 1 is 1.13 bits per heavy atom. The van der Waals surface area contributed by atoms with Crippen molar-refractivity contribution < 1.29 is 4.58 Å². The molecule has 0 radical (unpaired) electrons. The number of nitrogens with one attached hydrogen (secondary N) is 1. The molecule has 1 aliphatic heterocycles. The lowest BCUT2D eigenvalue weighted by Gasteiger charge is -2.09. The van der Waals surface area contributed by atoms with E-state index in [2.05, 4.69) is 5.32 Å². The first-order valence-corrected chi connectivity index (χ1v) is 5.73. The van der Waals surface area contributed by atoms with Crippen molar-refractivity contribution in [3.8, 4) is 0 Å². The van der Waals surface area contributed by atoms with Crippen LogP contribution in [0.5, 0.6) is 0 Å². The van der Waals surface area contributed by atoms with E-state index in [0.29, 0.717) is 5.84 Å². The summed E-state index contributed by atoms with van der Waals surface area (Å²) in [4.78, 5) is 0. The van der Waals surface area contributed by atoms with Gasteiger partial charge in [0.2, 0.25) is 0 Å². The second kappa shape index (κ2) is 4.20. The maximum Gasteiger partial charge on any atom is 0.303 e. The third kappa shape index (κ3) is 2.39. The fraction of sp³-hybridized carbons (Fsp3) is 0.300. The number of hydrogen-bond acceptors (Lipinski definition) is 1. The molecule has 1 N–H and O–H groups in total. The summed E-state index contributed by atoms with van der Waals surface area (Å²) in [6.07, 6.45) is 0. The van der Waals surface area contributed by atoms with Gasteiger partial charge in [0, 0.05) is 0 Å². The van der Waals surface area contributed by atoms with E-state index in [1.54, 1.807) is 0 Å². The molecule has 0 aliphatic carbocycles. The molecule has 5 heteroatoms. The summed E-state index contributed by atoms with van der Waals surface area (Å²) in [6.45, 7) is 1.60. The molecule has 1 heterocycles. The molecule has 0 bridgehead atoms. The minimum Gasteiger partial charge on any atom is -0.270 e. The Hall–Kier alpha value is -0.440. The molecule has 0 unspecified atom stereocenters. The molecule has 0 aromatic heterocycles. The largest absolute Gasteiger partial charge is 0.303 e. The van der Waals surface area contributed by atoms with E-state index in [1.165, 1.54) is 0 Å². The molecule has 2 rings (SSSR count). The number of nitrogens with zero attached hydrogens (tertiary/aromatic N) is 1. The SMILES string of the molecule is ClC(Cl)(Cl)C1=[N+](c2ccccc2)CCN1. The van der Waals surface area contributed by atoms with Gasteiger partial charge in [0.15, 0.2) is 0 Å². The monoisotopic (exact) mass is 263 g/mol. The highest BCUT2D eigenvalue weighted by Crippen LogP contribution is 2.29. The Balaban J connectivity index is 2.43. The van der Waals surface area contributed by atoms with Gasteiger partial charge in [0.25, 0.3) is 3.79 Å². The fourth-order valence-corrected chi connectivity index (χ4v) is 2.12. The highest BCUT2D eigenvalue weighted by atomic mass is 35.6. The lowest BCUT2D eigenvalue weighted by Crippen LogP contribution is -2.34. The van der Waals surface area contributed by atoms with Gasteiger partial charge >= 0.3 is 5.84 Å². The summed E-state index contributed by atoms with van der Waals surface area (Å²) >= 11 is 17.6. The Labute approximate surface area is 103 Å². The Kier molecular flexibility index (Phi) is 3.10. The lowest BCUT2D eigenvalue weighted by molar-refractivity contribution is -0.429. The van der Waals surface area contributed by atoms with Crippen LogP contribution in [0.25, 0.3) is 0 Å². The molecule has 1 aromatic rings. The molecular weight excluding hydrogens is 254 g/mol. The molecular formula is C10H10Cl3N2+. The maximum absolute atomic E-state index is 5.87. The normalized spacial score (nSPS) is 16.7. The third-order valence-electron chi connectivity index (χ3n) is 2.23. The number of benzene rings is 1. The molecule has 0 spiro atoms. The van der Waals surface area contributed by atoms with Gasteiger partial charge < -0.3 is 0 Å². The molecule has 0 fully saturated rings. The van der Waals surface area contributed by atoms with Crippen molar-refractivity contribution in [3.63, 3.8) is 0 Å². The number of halogens is 3. The van der Waals surface area contributed by atoms with Crippen molar-refractivity contribution >= 4 is 46.3 Å². The predicted octanol–water partition coefficient (Wildman–Crippen LogP) is 2.70. The zero-order valence-corrected chi connectivity index (χ0v) is 10.1. The van der Waals surface area contributed by atoms with E-state index in [9.17, 15) is 0 Å². The van der Waals surface area contributed by atoms with Gasteiger partial charge in [0.05, 0.1) is 0 Å². The van der Waals surface area contributed by atoms with Crippen molar-refractivity contribution in [2.75, 3.05) is 13.1 Å². The van der Waals surface area contributed by atoms with Crippen LogP contribution in [0.2, 0.25) is 0 Å². The van der Waals surface area contributed by atoms with Gasteiger partial charge in [-0.05, 0) is 12.1 Å². The average Bonchev–Trinajstić information content (AvgIpc) is 2.67. The topological polar surface area (TPSA) is 15.0 Å². The Morgan fingerprint density at radius 2 is 1.80 bits per heavy atom. The van der Waals surface area contributed by atoms with Crippen LogP contribution in [0.15, 0.2) is 30.3 Å². The van der Waals surface area contributed by atoms with Crippen LogP contribution < -0.4 is 5.32 Å². The lowest BCUT2D eigenvalue weighted by atomic mass is 10.3. The zero-order chi connectivity index (χ0) is 10.9. The number of amidine groups is 1. The highest BCUT2D eigenvalue weighted by molar-refractivity contribution is 6.76. The van der Waals surface area contributed by atoms with Crippen molar-refractivity contribution in [1.82, 2.24) is 5.32 Å². The number of rotatable bonds is 1. The standard InChI is InChI=1S/C10H9Cl3N2/c11-10(12,13)9-14-6-7-15(9)8-4-2-1-3-5-8/h1-5H,6-7H2/p+1. The highest BCUT2D eigenvalue weighted by Gasteiger charge is 2.40. The molecule has 0 saturated carbocycles. The van der Waals surface area contributed by atoms with Crippen molar-refractivity contribution in [3.05, 3.63) is 30.3 Å². The molecule has 1 aliphatic rings. The summed E-state index contributed by atoms with van der Waals surface area (Å²) in [5.74, 6) is 0.624. The maximum atomic E-state index is 5.87. The second-order valence-electron chi connectivity index (χ2n) is 3.26. The first kappa shape index (κ1) is 11.1. The molecule has 2 nitrogen and oxygen atoms in total. The van der Waals surface area contributed by atoms with E-state index in [4.69, 9.17) is 34.8 Å². The number of alkyl halides is 3. The van der Waals surface area contributed by atoms with Gasteiger partial charge in [-0.2, -0.15) is 0 Å². The van der Waals surface area contributed by atoms with Crippen LogP contribution in [-0.4, -0.2) is 27.3 Å². The summed E-state index contributed by atoms with van der Waals surface area (Å²) < 4.78 is 0.583. The summed E-state index contributed by atoms with van der Waals surface area (Å²) in [7, 11) is 0. The first-order valence-electron chi connectivity index (χ1n) is 4.59. The van der Waals surface area contributed by atoms with Gasteiger partial charge in [-0.3, -0.25) is 5.32 Å². The van der Waals surface area contributed by atoms with Gasteiger partial charge in [-0.25, -0.2) is 4.58 Å². The summed E-state index contributed by atoms with van der Waals surface area (Å²) in [5.41, 5.74) is 1.03. The van der Waals surface area contributed by atoms with Crippen LogP contribution in [0, 0.1) is 0 Å². The van der Waals surface area contributed by atoms with Gasteiger partial charge in [-0.1, -0.05) is 53.0 Å². The van der Waals surface area contributed by atoms with E-state index >= 15 is 0 Å². The summed E-state index contributed by atoms with van der Waals surface area (Å²) in [6, 6.07) is 9.86. The quantitative estimate of drug-likeness (QED) is 0.609. The predicted molar refractivity (Wildman–Crippen MR) is 64.5 cm³/mol. The molecule has 0 amide bonds. The molecule has 1 aromatic carbocycles. The van der Waals surface area contributed by atoms with E-state index in [0.717, 1.165) is 18.8 Å². The van der Waals surface area contributed by atoms with Gasteiger partial charge in [-0.15, -0.1) is 0 Å². The minimum atomic E-state index is -1.40. The van der Waals surface area contributed by atoms with Crippen LogP contribution in [-0.2, 0) is 0 Å². The van der Waals surface area contributed by atoms with Crippen LogP contribution in [0.1, 0.15) is 0 Å². The van der Waals surface area contributed by atoms with E-state index < -0.39 is 3.79 Å². The second-order valence-corrected chi connectivity index (χ2v) is 5.54. The number of hydrogen-bond donors (Lipinski definition) is 1. The van der Waals surface area contributed by atoms with E-state index in [1.807, 2.05) is 34.9 Å². The van der Waals surface area contributed by atoms with E-state index in [-0.39, 0.29) is 0 Å². The van der Waals surface area contributed by atoms with Crippen LogP contribution in [0.3, 0.4) is 0 Å². The smallest absolute Gasteiger partial charge is 0.270 e. The Morgan fingerprint density at radius 3 is 2.40 bits per heavy atom. The van der Waals surface area contributed by atoms with Gasteiger partial charge in [0.1, 0.15) is 18.8 Å². The van der Waals surface area contributed by atoms with Crippen molar-refractivity contribution in [2.45, 2.75) is 3.79 Å². The molecule has 15 heavy (non-hydrogen) atoms. The zero-order valence-electron chi connectivity index (χ0n) is 7.88. The van der Waals surface area contributed by atoms with Crippen molar-refractivity contribution in [2.24, 2.45) is 0 Å². The van der Waals surface area contributed by atoms with Crippen LogP contribution in [0.4, 0.5) is 5.69 Å². The Bertz CT molecular complexity index is 381.